The number of likely N-dealkylation sites (tertiary alicyclic amines) is 2. The first kappa shape index (κ1) is 16.7. The fraction of sp³-hybridized carbons (Fsp3) is 0.632. The Labute approximate surface area is 146 Å². The van der Waals surface area contributed by atoms with E-state index < -0.39 is 0 Å². The second-order valence-electron chi connectivity index (χ2n) is 7.04. The number of aryl methyl sites for hydroxylation is 1. The number of hydrogen-bond donors (Lipinski definition) is 1. The van der Waals surface area contributed by atoms with Crippen molar-refractivity contribution in [2.24, 2.45) is 0 Å². The molecule has 3 nitrogen and oxygen atoms in total. The molecule has 2 fully saturated rings. The van der Waals surface area contributed by atoms with Crippen LogP contribution in [0.2, 0.25) is 0 Å². The number of hydrogen-bond acceptors (Lipinski definition) is 2. The first-order valence-corrected chi connectivity index (χ1v) is 9.43. The van der Waals surface area contributed by atoms with E-state index in [9.17, 15) is 0 Å². The zero-order valence-corrected chi connectivity index (χ0v) is 15.0. The fourth-order valence-corrected chi connectivity index (χ4v) is 4.20. The van der Waals surface area contributed by atoms with Gasteiger partial charge in [0, 0.05) is 18.6 Å². The molecule has 2 aliphatic rings. The molecule has 0 amide bonds. The van der Waals surface area contributed by atoms with Gasteiger partial charge in [0.2, 0.25) is 0 Å². The summed E-state index contributed by atoms with van der Waals surface area (Å²) in [5.41, 5.74) is 1.44. The monoisotopic (exact) mass is 331 g/mol. The van der Waals surface area contributed by atoms with Crippen LogP contribution in [0.4, 0.5) is 0 Å². The van der Waals surface area contributed by atoms with Crippen LogP contribution in [0, 0.1) is 0 Å². The molecular weight excluding hydrogens is 302 g/mol. The van der Waals surface area contributed by atoms with Gasteiger partial charge in [-0.05, 0) is 76.4 Å². The average molecular weight is 332 g/mol. The summed E-state index contributed by atoms with van der Waals surface area (Å²) in [6.07, 6.45) is 7.33. The van der Waals surface area contributed by atoms with Gasteiger partial charge in [0.1, 0.15) is 0 Å². The quantitative estimate of drug-likeness (QED) is 0.855. The van der Waals surface area contributed by atoms with Crippen LogP contribution in [0.3, 0.4) is 0 Å². The van der Waals surface area contributed by atoms with Crippen LogP contribution in [0.1, 0.15) is 37.7 Å². The molecule has 0 bridgehead atoms. The Kier molecular flexibility index (Phi) is 5.90. The fourth-order valence-electron chi connectivity index (χ4n) is 3.79. The average Bonchev–Trinajstić information content (AvgIpc) is 3.05. The topological polar surface area (TPSA) is 18.5 Å². The van der Waals surface area contributed by atoms with Gasteiger partial charge in [0.05, 0.1) is 0 Å². The first-order valence-electron chi connectivity index (χ1n) is 9.02. The van der Waals surface area contributed by atoms with Crippen molar-refractivity contribution in [3.05, 3.63) is 35.9 Å². The summed E-state index contributed by atoms with van der Waals surface area (Å²) >= 11 is 5.73. The molecule has 0 spiro atoms. The smallest absolute Gasteiger partial charge is 0.169 e. The maximum atomic E-state index is 5.73. The van der Waals surface area contributed by atoms with Crippen LogP contribution in [0.5, 0.6) is 0 Å². The Morgan fingerprint density at radius 2 is 1.87 bits per heavy atom. The maximum absolute atomic E-state index is 5.73. The molecule has 1 aromatic carbocycles. The van der Waals surface area contributed by atoms with E-state index in [1.165, 1.54) is 50.8 Å². The predicted molar refractivity (Wildman–Crippen MR) is 101 cm³/mol. The summed E-state index contributed by atoms with van der Waals surface area (Å²) in [5, 5.41) is 4.64. The SMILES string of the molecule is CN1CCC(NC(=S)N2CCC[C@@H]2CCc2ccccc2)CC1. The van der Waals surface area contributed by atoms with Crippen molar-refractivity contribution in [3.63, 3.8) is 0 Å². The number of rotatable bonds is 4. The summed E-state index contributed by atoms with van der Waals surface area (Å²) in [5.74, 6) is 0. The minimum Gasteiger partial charge on any atom is -0.360 e. The Bertz CT molecular complexity index is 497. The van der Waals surface area contributed by atoms with E-state index in [2.05, 4.69) is 52.5 Å². The van der Waals surface area contributed by atoms with Crippen LogP contribution >= 0.6 is 12.2 Å². The van der Waals surface area contributed by atoms with Gasteiger partial charge in [-0.1, -0.05) is 30.3 Å². The van der Waals surface area contributed by atoms with Crippen LogP contribution in [0.25, 0.3) is 0 Å². The second kappa shape index (κ2) is 8.11. The molecule has 23 heavy (non-hydrogen) atoms. The van der Waals surface area contributed by atoms with Gasteiger partial charge in [-0.25, -0.2) is 0 Å². The van der Waals surface area contributed by atoms with E-state index in [1.54, 1.807) is 0 Å². The summed E-state index contributed by atoms with van der Waals surface area (Å²) < 4.78 is 0. The zero-order valence-electron chi connectivity index (χ0n) is 14.2. The standard InChI is InChI=1S/C19H29N3S/c1-21-14-11-17(12-15-21)20-19(23)22-13-5-8-18(22)10-9-16-6-3-2-4-7-16/h2-4,6-7,17-18H,5,8-15H2,1H3,(H,20,23)/t18-/m1/s1. The van der Waals surface area contributed by atoms with Gasteiger partial charge < -0.3 is 15.1 Å². The summed E-state index contributed by atoms with van der Waals surface area (Å²) in [6, 6.07) is 12.0. The molecule has 1 N–H and O–H groups in total. The van der Waals surface area contributed by atoms with E-state index in [0.29, 0.717) is 12.1 Å². The van der Waals surface area contributed by atoms with Crippen molar-refractivity contribution in [2.75, 3.05) is 26.7 Å². The molecule has 0 aliphatic carbocycles. The lowest BCUT2D eigenvalue weighted by Crippen LogP contribution is -2.49. The number of nitrogens with zero attached hydrogens (tertiary/aromatic N) is 2. The van der Waals surface area contributed by atoms with Crippen LogP contribution in [0.15, 0.2) is 30.3 Å². The normalized spacial score (nSPS) is 23.2. The highest BCUT2D eigenvalue weighted by atomic mass is 32.1. The van der Waals surface area contributed by atoms with E-state index in [-0.39, 0.29) is 0 Å². The third-order valence-corrected chi connectivity index (χ3v) is 5.65. The van der Waals surface area contributed by atoms with Crippen molar-refractivity contribution in [1.29, 1.82) is 0 Å². The lowest BCUT2D eigenvalue weighted by Gasteiger charge is -2.34. The number of thiocarbonyl (C=S) groups is 1. The third kappa shape index (κ3) is 4.67. The van der Waals surface area contributed by atoms with Crippen LogP contribution in [-0.2, 0) is 6.42 Å². The molecular formula is C19H29N3S. The van der Waals surface area contributed by atoms with E-state index in [0.717, 1.165) is 18.1 Å². The molecule has 0 radical (unpaired) electrons. The maximum Gasteiger partial charge on any atom is 0.169 e. The molecule has 2 saturated heterocycles. The molecule has 3 rings (SSSR count). The highest BCUT2D eigenvalue weighted by Crippen LogP contribution is 2.22. The summed E-state index contributed by atoms with van der Waals surface area (Å²) in [4.78, 5) is 4.86. The Morgan fingerprint density at radius 3 is 2.61 bits per heavy atom. The molecule has 4 heteroatoms. The van der Waals surface area contributed by atoms with Crippen molar-refractivity contribution >= 4 is 17.3 Å². The highest BCUT2D eigenvalue weighted by Gasteiger charge is 2.27. The van der Waals surface area contributed by atoms with Crippen molar-refractivity contribution in [2.45, 2.75) is 50.6 Å². The Balaban J connectivity index is 1.48. The minimum absolute atomic E-state index is 0.564. The van der Waals surface area contributed by atoms with Gasteiger partial charge in [0.25, 0.3) is 0 Å². The lowest BCUT2D eigenvalue weighted by molar-refractivity contribution is 0.242. The largest absolute Gasteiger partial charge is 0.360 e. The van der Waals surface area contributed by atoms with Gasteiger partial charge >= 0.3 is 0 Å². The van der Waals surface area contributed by atoms with Crippen molar-refractivity contribution in [3.8, 4) is 0 Å². The predicted octanol–water partition coefficient (Wildman–Crippen LogP) is 3.05. The Morgan fingerprint density at radius 1 is 1.13 bits per heavy atom. The van der Waals surface area contributed by atoms with Gasteiger partial charge in [-0.15, -0.1) is 0 Å². The van der Waals surface area contributed by atoms with Crippen LogP contribution in [-0.4, -0.2) is 53.7 Å². The minimum atomic E-state index is 0.564. The zero-order chi connectivity index (χ0) is 16.1. The van der Waals surface area contributed by atoms with E-state index in [1.807, 2.05) is 0 Å². The summed E-state index contributed by atoms with van der Waals surface area (Å²) in [7, 11) is 2.20. The lowest BCUT2D eigenvalue weighted by atomic mass is 10.0. The van der Waals surface area contributed by atoms with Crippen molar-refractivity contribution < 1.29 is 0 Å². The molecule has 126 valence electrons. The molecule has 1 aromatic rings. The first-order chi connectivity index (χ1) is 11.2. The molecule has 0 aromatic heterocycles. The highest BCUT2D eigenvalue weighted by molar-refractivity contribution is 7.80. The van der Waals surface area contributed by atoms with Gasteiger partial charge in [0.15, 0.2) is 5.11 Å². The number of benzene rings is 1. The van der Waals surface area contributed by atoms with Crippen LogP contribution < -0.4 is 5.32 Å². The van der Waals surface area contributed by atoms with Crippen molar-refractivity contribution in [1.82, 2.24) is 15.1 Å². The summed E-state index contributed by atoms with van der Waals surface area (Å²) in [6.45, 7) is 3.48. The number of nitrogens with one attached hydrogen (secondary N) is 1. The molecule has 2 heterocycles. The third-order valence-electron chi connectivity index (χ3n) is 5.29. The molecule has 0 unspecified atom stereocenters. The molecule has 0 saturated carbocycles. The Hall–Kier alpha value is -1.13. The number of piperidine rings is 1. The van der Waals surface area contributed by atoms with Gasteiger partial charge in [-0.2, -0.15) is 0 Å². The van der Waals surface area contributed by atoms with E-state index in [4.69, 9.17) is 12.2 Å². The molecule has 2 aliphatic heterocycles. The second-order valence-corrected chi connectivity index (χ2v) is 7.43. The molecule has 1 atom stereocenters. The van der Waals surface area contributed by atoms with Gasteiger partial charge in [-0.3, -0.25) is 0 Å². The van der Waals surface area contributed by atoms with E-state index >= 15 is 0 Å².